The van der Waals surface area contributed by atoms with Gasteiger partial charge in [-0.15, -0.1) is 0 Å². The number of hydrogen-bond donors (Lipinski definition) is 1. The predicted molar refractivity (Wildman–Crippen MR) is 130 cm³/mol. The second-order valence-corrected chi connectivity index (χ2v) is 7.44. The first kappa shape index (κ1) is 22.2. The lowest BCUT2D eigenvalue weighted by Crippen LogP contribution is -2.31. The van der Waals surface area contributed by atoms with Crippen LogP contribution in [0.2, 0.25) is 0 Å². The second-order valence-electron chi connectivity index (χ2n) is 7.44. The van der Waals surface area contributed by atoms with Crippen molar-refractivity contribution in [2.24, 2.45) is 4.99 Å². The van der Waals surface area contributed by atoms with Crippen molar-refractivity contribution >= 4 is 23.1 Å². The molecule has 1 aliphatic heterocycles. The second kappa shape index (κ2) is 9.65. The lowest BCUT2D eigenvalue weighted by atomic mass is 10.1. The molecule has 0 saturated heterocycles. The van der Waals surface area contributed by atoms with Gasteiger partial charge in [0.25, 0.3) is 5.91 Å². The summed E-state index contributed by atoms with van der Waals surface area (Å²) >= 11 is 0. The summed E-state index contributed by atoms with van der Waals surface area (Å²) in [6.07, 6.45) is 0. The number of nitrogens with zero attached hydrogens (tertiary/aromatic N) is 2. The number of rotatable bonds is 6. The van der Waals surface area contributed by atoms with E-state index in [0.29, 0.717) is 34.2 Å². The van der Waals surface area contributed by atoms with E-state index in [9.17, 15) is 4.79 Å². The Labute approximate surface area is 193 Å². The molecule has 4 rings (SSSR count). The third kappa shape index (κ3) is 4.62. The topological polar surface area (TPSA) is 72.4 Å². The minimum absolute atomic E-state index is 0.272. The Kier molecular flexibility index (Phi) is 6.49. The molecule has 1 heterocycles. The maximum atomic E-state index is 13.0. The predicted octanol–water partition coefficient (Wildman–Crippen LogP) is 5.48. The van der Waals surface area contributed by atoms with E-state index >= 15 is 0 Å². The van der Waals surface area contributed by atoms with E-state index in [4.69, 9.17) is 19.2 Å². The Morgan fingerprint density at radius 3 is 2.30 bits per heavy atom. The summed E-state index contributed by atoms with van der Waals surface area (Å²) in [5.41, 5.74) is 2.65. The van der Waals surface area contributed by atoms with Gasteiger partial charge in [0, 0.05) is 30.4 Å². The van der Waals surface area contributed by atoms with Crippen LogP contribution in [0.5, 0.6) is 23.0 Å². The molecule has 7 heteroatoms. The van der Waals surface area contributed by atoms with Gasteiger partial charge in [0.1, 0.15) is 28.8 Å². The highest BCUT2D eigenvalue weighted by atomic mass is 16.5. The van der Waals surface area contributed by atoms with Gasteiger partial charge >= 0.3 is 0 Å². The van der Waals surface area contributed by atoms with E-state index < -0.39 is 0 Å². The van der Waals surface area contributed by atoms with Gasteiger partial charge in [-0.2, -0.15) is 0 Å². The molecule has 7 nitrogen and oxygen atoms in total. The molecule has 0 atom stereocenters. The molecular formula is C26H27N3O4. The van der Waals surface area contributed by atoms with E-state index in [1.54, 1.807) is 32.4 Å². The molecule has 0 bridgehead atoms. The van der Waals surface area contributed by atoms with Crippen molar-refractivity contribution in [1.29, 1.82) is 0 Å². The van der Waals surface area contributed by atoms with Gasteiger partial charge in [0.05, 0.1) is 19.8 Å². The normalized spacial score (nSPS) is 11.8. The van der Waals surface area contributed by atoms with Crippen molar-refractivity contribution in [3.8, 4) is 23.0 Å². The zero-order chi connectivity index (χ0) is 23.4. The highest BCUT2D eigenvalue weighted by Gasteiger charge is 2.22. The lowest BCUT2D eigenvalue weighted by molar-refractivity contribution is 0.102. The van der Waals surface area contributed by atoms with Crippen molar-refractivity contribution in [2.75, 3.05) is 32.6 Å². The molecule has 1 N–H and O–H groups in total. The van der Waals surface area contributed by atoms with Crippen LogP contribution in [0.1, 0.15) is 29.8 Å². The highest BCUT2D eigenvalue weighted by Crippen LogP contribution is 2.39. The van der Waals surface area contributed by atoms with E-state index in [1.165, 1.54) is 0 Å². The maximum absolute atomic E-state index is 13.0. The van der Waals surface area contributed by atoms with E-state index in [-0.39, 0.29) is 5.91 Å². The molecule has 0 aromatic heterocycles. The molecule has 0 fully saturated rings. The van der Waals surface area contributed by atoms with Crippen LogP contribution in [0.3, 0.4) is 0 Å². The van der Waals surface area contributed by atoms with Gasteiger partial charge in [-0.05, 0) is 56.3 Å². The molecule has 3 aromatic carbocycles. The summed E-state index contributed by atoms with van der Waals surface area (Å²) in [5, 5.41) is 2.97. The Hall–Kier alpha value is -4.00. The molecule has 33 heavy (non-hydrogen) atoms. The number of para-hydroxylation sites is 2. The minimum Gasteiger partial charge on any atom is -0.497 e. The summed E-state index contributed by atoms with van der Waals surface area (Å²) < 4.78 is 16.8. The molecule has 0 aliphatic carbocycles. The van der Waals surface area contributed by atoms with E-state index in [2.05, 4.69) is 24.1 Å². The summed E-state index contributed by atoms with van der Waals surface area (Å²) in [7, 11) is 3.10. The molecule has 3 aromatic rings. The Morgan fingerprint density at radius 2 is 1.64 bits per heavy atom. The average molecular weight is 446 g/mol. The molecule has 1 amide bonds. The smallest absolute Gasteiger partial charge is 0.255 e. The fourth-order valence-corrected chi connectivity index (χ4v) is 3.71. The number of aliphatic imine (C=N–C) groups is 1. The van der Waals surface area contributed by atoms with Crippen LogP contribution in [-0.4, -0.2) is 44.0 Å². The van der Waals surface area contributed by atoms with E-state index in [0.717, 1.165) is 30.2 Å². The number of nitrogens with one attached hydrogen (secondary N) is 1. The van der Waals surface area contributed by atoms with Crippen LogP contribution in [0.4, 0.5) is 11.4 Å². The average Bonchev–Trinajstić information content (AvgIpc) is 3.01. The molecule has 0 saturated carbocycles. The molecule has 0 radical (unpaired) electrons. The van der Waals surface area contributed by atoms with Gasteiger partial charge < -0.3 is 24.4 Å². The van der Waals surface area contributed by atoms with Gasteiger partial charge in [-0.1, -0.05) is 12.1 Å². The molecule has 0 spiro atoms. The number of amidine groups is 1. The SMILES string of the molecule is CCN(CC)C1=Nc2ccccc2Oc2ccc(NC(=O)c3cc(OC)cc(OC)c3)cc21. The summed E-state index contributed by atoms with van der Waals surface area (Å²) in [5.74, 6) is 3.00. The van der Waals surface area contributed by atoms with Crippen LogP contribution in [-0.2, 0) is 0 Å². The first-order valence-electron chi connectivity index (χ1n) is 10.9. The van der Waals surface area contributed by atoms with Crippen molar-refractivity contribution in [2.45, 2.75) is 13.8 Å². The Balaban J connectivity index is 1.71. The van der Waals surface area contributed by atoms with Crippen LogP contribution in [0.15, 0.2) is 65.7 Å². The van der Waals surface area contributed by atoms with Crippen LogP contribution in [0, 0.1) is 0 Å². The number of hydrogen-bond acceptors (Lipinski definition) is 6. The number of fused-ring (bicyclic) bond motifs is 2. The number of carbonyl (C=O) groups excluding carboxylic acids is 1. The van der Waals surface area contributed by atoms with Crippen LogP contribution < -0.4 is 19.5 Å². The fourth-order valence-electron chi connectivity index (χ4n) is 3.71. The van der Waals surface area contributed by atoms with Crippen molar-refractivity contribution < 1.29 is 19.0 Å². The summed E-state index contributed by atoms with van der Waals surface area (Å²) in [6, 6.07) is 18.3. The largest absolute Gasteiger partial charge is 0.497 e. The van der Waals surface area contributed by atoms with Gasteiger partial charge in [0.15, 0.2) is 5.75 Å². The van der Waals surface area contributed by atoms with Crippen molar-refractivity contribution in [3.63, 3.8) is 0 Å². The number of anilines is 1. The molecule has 1 aliphatic rings. The molecular weight excluding hydrogens is 418 g/mol. The first-order chi connectivity index (χ1) is 16.1. The van der Waals surface area contributed by atoms with Crippen LogP contribution >= 0.6 is 0 Å². The number of methoxy groups -OCH3 is 2. The standard InChI is InChI=1S/C26H27N3O4/c1-5-29(6-2)25-21-15-18(11-12-23(21)33-24-10-8-7-9-22(24)28-25)27-26(30)17-13-19(31-3)16-20(14-17)32-4/h7-16H,5-6H2,1-4H3,(H,27,30). The van der Waals surface area contributed by atoms with Gasteiger partial charge in [0.2, 0.25) is 0 Å². The zero-order valence-electron chi connectivity index (χ0n) is 19.2. The molecule has 0 unspecified atom stereocenters. The number of benzene rings is 3. The van der Waals surface area contributed by atoms with Crippen LogP contribution in [0.25, 0.3) is 0 Å². The Morgan fingerprint density at radius 1 is 0.939 bits per heavy atom. The summed E-state index contributed by atoms with van der Waals surface area (Å²) in [4.78, 5) is 20.1. The first-order valence-corrected chi connectivity index (χ1v) is 10.9. The van der Waals surface area contributed by atoms with Gasteiger partial charge in [-0.3, -0.25) is 4.79 Å². The minimum atomic E-state index is -0.272. The number of ether oxygens (including phenoxy) is 3. The highest BCUT2D eigenvalue weighted by molar-refractivity contribution is 6.07. The lowest BCUT2D eigenvalue weighted by Gasteiger charge is -2.23. The van der Waals surface area contributed by atoms with Crippen molar-refractivity contribution in [1.82, 2.24) is 4.90 Å². The molecule has 170 valence electrons. The van der Waals surface area contributed by atoms with E-state index in [1.807, 2.05) is 42.5 Å². The summed E-state index contributed by atoms with van der Waals surface area (Å²) in [6.45, 7) is 5.75. The maximum Gasteiger partial charge on any atom is 0.255 e. The zero-order valence-corrected chi connectivity index (χ0v) is 19.2. The van der Waals surface area contributed by atoms with Gasteiger partial charge in [-0.25, -0.2) is 4.99 Å². The monoisotopic (exact) mass is 445 g/mol. The fraction of sp³-hybridized carbons (Fsp3) is 0.231. The number of carbonyl (C=O) groups is 1. The van der Waals surface area contributed by atoms with Crippen molar-refractivity contribution in [3.05, 3.63) is 71.8 Å². The number of amides is 1. The third-order valence-electron chi connectivity index (χ3n) is 5.47. The third-order valence-corrected chi connectivity index (χ3v) is 5.47. The quantitative estimate of drug-likeness (QED) is 0.544. The Bertz CT molecular complexity index is 1180.